The van der Waals surface area contributed by atoms with Crippen LogP contribution in [0.5, 0.6) is 0 Å². The maximum absolute atomic E-state index is 8.51. The molecule has 0 saturated carbocycles. The van der Waals surface area contributed by atoms with Crippen LogP contribution in [0, 0.1) is 17.2 Å². The van der Waals surface area contributed by atoms with E-state index in [0.717, 1.165) is 0 Å². The minimum absolute atomic E-state index is 0.169. The van der Waals surface area contributed by atoms with Gasteiger partial charge in [-0.2, -0.15) is 5.26 Å². The number of nitriles is 1. The van der Waals surface area contributed by atoms with Gasteiger partial charge in [-0.15, -0.1) is 0 Å². The first-order chi connectivity index (χ1) is 4.10. The van der Waals surface area contributed by atoms with E-state index in [-0.39, 0.29) is 6.10 Å². The van der Waals surface area contributed by atoms with Crippen molar-refractivity contribution < 1.29 is 4.74 Å². The molecule has 2 nitrogen and oxygen atoms in total. The SMILES string of the molecule is CC(C)C1OC1(C)C#N. The summed E-state index contributed by atoms with van der Waals surface area (Å²) in [5, 5.41) is 8.51. The maximum atomic E-state index is 8.51. The predicted molar refractivity (Wildman–Crippen MR) is 33.7 cm³/mol. The minimum atomic E-state index is -0.464. The quantitative estimate of drug-likeness (QED) is 0.495. The van der Waals surface area contributed by atoms with Crippen molar-refractivity contribution >= 4 is 0 Å². The number of epoxide rings is 1. The smallest absolute Gasteiger partial charge is 0.178 e. The molecule has 0 aromatic heterocycles. The van der Waals surface area contributed by atoms with Crippen LogP contribution in [0.4, 0.5) is 0 Å². The summed E-state index contributed by atoms with van der Waals surface area (Å²) in [5.74, 6) is 0.467. The highest BCUT2D eigenvalue weighted by molar-refractivity contribution is 5.15. The van der Waals surface area contributed by atoms with Gasteiger partial charge in [-0.05, 0) is 12.8 Å². The van der Waals surface area contributed by atoms with Crippen LogP contribution in [-0.2, 0) is 4.74 Å². The number of ether oxygens (including phenoxy) is 1. The van der Waals surface area contributed by atoms with E-state index < -0.39 is 5.60 Å². The highest BCUT2D eigenvalue weighted by Crippen LogP contribution is 2.39. The molecule has 50 valence electrons. The second-order valence-electron chi connectivity index (χ2n) is 3.00. The van der Waals surface area contributed by atoms with E-state index in [1.54, 1.807) is 0 Å². The molecule has 2 unspecified atom stereocenters. The molecule has 2 heteroatoms. The topological polar surface area (TPSA) is 36.3 Å². The van der Waals surface area contributed by atoms with Crippen molar-refractivity contribution in [1.82, 2.24) is 0 Å². The van der Waals surface area contributed by atoms with Crippen molar-refractivity contribution in [3.63, 3.8) is 0 Å². The van der Waals surface area contributed by atoms with E-state index in [1.807, 2.05) is 6.92 Å². The summed E-state index contributed by atoms with van der Waals surface area (Å²) in [6.45, 7) is 5.96. The van der Waals surface area contributed by atoms with Crippen LogP contribution in [-0.4, -0.2) is 11.7 Å². The van der Waals surface area contributed by atoms with Gasteiger partial charge in [-0.25, -0.2) is 0 Å². The van der Waals surface area contributed by atoms with E-state index in [4.69, 9.17) is 10.00 Å². The molecule has 1 aliphatic heterocycles. The fraction of sp³-hybridized carbons (Fsp3) is 0.857. The summed E-state index contributed by atoms with van der Waals surface area (Å²) in [4.78, 5) is 0. The van der Waals surface area contributed by atoms with Gasteiger partial charge in [-0.1, -0.05) is 13.8 Å². The minimum Gasteiger partial charge on any atom is -0.350 e. The largest absolute Gasteiger partial charge is 0.350 e. The molecule has 0 spiro atoms. The Kier molecular flexibility index (Phi) is 1.25. The van der Waals surface area contributed by atoms with Gasteiger partial charge < -0.3 is 4.74 Å². The van der Waals surface area contributed by atoms with Crippen molar-refractivity contribution in [1.29, 1.82) is 5.26 Å². The van der Waals surface area contributed by atoms with Crippen molar-refractivity contribution in [2.75, 3.05) is 0 Å². The van der Waals surface area contributed by atoms with Gasteiger partial charge in [0.05, 0.1) is 0 Å². The van der Waals surface area contributed by atoms with Crippen LogP contribution in [0.1, 0.15) is 20.8 Å². The Balaban J connectivity index is 2.51. The molecule has 1 aliphatic rings. The number of hydrogen-bond acceptors (Lipinski definition) is 2. The standard InChI is InChI=1S/C7H11NO/c1-5(2)6-7(3,4-8)9-6/h5-6H,1-3H3. The average Bonchev–Trinajstić information content (AvgIpc) is 2.44. The Labute approximate surface area is 55.4 Å². The summed E-state index contributed by atoms with van der Waals surface area (Å²) in [7, 11) is 0. The van der Waals surface area contributed by atoms with Crippen LogP contribution in [0.3, 0.4) is 0 Å². The molecule has 0 radical (unpaired) electrons. The normalized spacial score (nSPS) is 40.6. The Bertz CT molecular complexity index is 159. The first-order valence-electron chi connectivity index (χ1n) is 3.19. The fourth-order valence-electron chi connectivity index (χ4n) is 1.09. The van der Waals surface area contributed by atoms with E-state index in [0.29, 0.717) is 5.92 Å². The van der Waals surface area contributed by atoms with Crippen molar-refractivity contribution in [3.05, 3.63) is 0 Å². The lowest BCUT2D eigenvalue weighted by Crippen LogP contribution is -2.10. The van der Waals surface area contributed by atoms with Crippen molar-refractivity contribution in [2.24, 2.45) is 5.92 Å². The number of rotatable bonds is 1. The zero-order valence-electron chi connectivity index (χ0n) is 6.01. The number of hydrogen-bond donors (Lipinski definition) is 0. The van der Waals surface area contributed by atoms with Crippen molar-refractivity contribution in [3.8, 4) is 6.07 Å². The first-order valence-corrected chi connectivity index (χ1v) is 3.19. The highest BCUT2D eigenvalue weighted by Gasteiger charge is 2.54. The van der Waals surface area contributed by atoms with Crippen molar-refractivity contribution in [2.45, 2.75) is 32.5 Å². The second-order valence-corrected chi connectivity index (χ2v) is 3.00. The first kappa shape index (κ1) is 6.57. The molecule has 0 bridgehead atoms. The van der Waals surface area contributed by atoms with Crippen LogP contribution >= 0.6 is 0 Å². The van der Waals surface area contributed by atoms with E-state index >= 15 is 0 Å². The molecular formula is C7H11NO. The summed E-state index contributed by atoms with van der Waals surface area (Å²) in [5.41, 5.74) is -0.464. The van der Waals surface area contributed by atoms with Crippen LogP contribution < -0.4 is 0 Å². The molecule has 0 aliphatic carbocycles. The molecule has 2 atom stereocenters. The van der Waals surface area contributed by atoms with Gasteiger partial charge in [0.15, 0.2) is 5.60 Å². The van der Waals surface area contributed by atoms with E-state index in [1.165, 1.54) is 0 Å². The van der Waals surface area contributed by atoms with Crippen LogP contribution in [0.2, 0.25) is 0 Å². The molecule has 0 aromatic rings. The molecule has 1 fully saturated rings. The zero-order chi connectivity index (χ0) is 7.07. The summed E-state index contributed by atoms with van der Waals surface area (Å²) in [6.07, 6.45) is 0.169. The van der Waals surface area contributed by atoms with Gasteiger partial charge in [0.25, 0.3) is 0 Å². The summed E-state index contributed by atoms with van der Waals surface area (Å²) in [6, 6.07) is 2.12. The number of nitrogens with zero attached hydrogens (tertiary/aromatic N) is 1. The lowest BCUT2D eigenvalue weighted by molar-refractivity contribution is 0.320. The second kappa shape index (κ2) is 1.71. The van der Waals surface area contributed by atoms with Gasteiger partial charge in [0.1, 0.15) is 12.2 Å². The molecule has 0 amide bonds. The van der Waals surface area contributed by atoms with Gasteiger partial charge in [0.2, 0.25) is 0 Å². The molecule has 1 rings (SSSR count). The summed E-state index contributed by atoms with van der Waals surface area (Å²) >= 11 is 0. The van der Waals surface area contributed by atoms with Crippen LogP contribution in [0.25, 0.3) is 0 Å². The third kappa shape index (κ3) is 0.927. The Morgan fingerprint density at radius 1 is 1.67 bits per heavy atom. The highest BCUT2D eigenvalue weighted by atomic mass is 16.6. The van der Waals surface area contributed by atoms with Crippen LogP contribution in [0.15, 0.2) is 0 Å². The molecular weight excluding hydrogens is 114 g/mol. The molecule has 1 heterocycles. The Hall–Kier alpha value is -0.550. The van der Waals surface area contributed by atoms with Gasteiger partial charge in [-0.3, -0.25) is 0 Å². The third-order valence-electron chi connectivity index (χ3n) is 1.68. The molecule has 0 N–H and O–H groups in total. The fourth-order valence-corrected chi connectivity index (χ4v) is 1.09. The lowest BCUT2D eigenvalue weighted by atomic mass is 10.0. The van der Waals surface area contributed by atoms with Gasteiger partial charge >= 0.3 is 0 Å². The Morgan fingerprint density at radius 3 is 2.33 bits per heavy atom. The maximum Gasteiger partial charge on any atom is 0.178 e. The Morgan fingerprint density at radius 2 is 2.22 bits per heavy atom. The summed E-state index contributed by atoms with van der Waals surface area (Å²) < 4.78 is 5.15. The molecule has 9 heavy (non-hydrogen) atoms. The predicted octanol–water partition coefficient (Wildman–Crippen LogP) is 1.32. The lowest BCUT2D eigenvalue weighted by Gasteiger charge is -1.96. The van der Waals surface area contributed by atoms with Gasteiger partial charge in [0, 0.05) is 0 Å². The van der Waals surface area contributed by atoms with E-state index in [9.17, 15) is 0 Å². The third-order valence-corrected chi connectivity index (χ3v) is 1.68. The zero-order valence-corrected chi connectivity index (χ0v) is 6.01. The molecule has 1 saturated heterocycles. The average molecular weight is 125 g/mol. The molecule has 0 aromatic carbocycles. The van der Waals surface area contributed by atoms with E-state index in [2.05, 4.69) is 19.9 Å². The monoisotopic (exact) mass is 125 g/mol.